The fourth-order valence-electron chi connectivity index (χ4n) is 0.483. The van der Waals surface area contributed by atoms with Crippen LogP contribution in [0.25, 0.3) is 0 Å². The number of hydrogen-bond acceptors (Lipinski definition) is 2. The van der Waals surface area contributed by atoms with Gasteiger partial charge in [0, 0.05) is 12.2 Å². The molecule has 0 aliphatic heterocycles. The standard InChI is InChI=1S/C7H14N2/c1-3-4-5-7(8)6-9-2/h3-5,9H,6,8H2,1-2H3/b4-3-,7-5+. The summed E-state index contributed by atoms with van der Waals surface area (Å²) in [5.41, 5.74) is 6.37. The van der Waals surface area contributed by atoms with Crippen LogP contribution in [0.5, 0.6) is 0 Å². The zero-order chi connectivity index (χ0) is 7.11. The Bertz CT molecular complexity index is 114. The molecule has 0 amide bonds. The van der Waals surface area contributed by atoms with Gasteiger partial charge in [0.15, 0.2) is 0 Å². The average molecular weight is 126 g/mol. The molecule has 0 bridgehead atoms. The first kappa shape index (κ1) is 8.24. The van der Waals surface area contributed by atoms with E-state index in [1.807, 2.05) is 32.2 Å². The van der Waals surface area contributed by atoms with Crippen LogP contribution < -0.4 is 11.1 Å². The van der Waals surface area contributed by atoms with E-state index in [1.165, 1.54) is 0 Å². The Kier molecular flexibility index (Phi) is 4.92. The van der Waals surface area contributed by atoms with Crippen molar-refractivity contribution in [1.29, 1.82) is 0 Å². The fraction of sp³-hybridized carbons (Fsp3) is 0.429. The largest absolute Gasteiger partial charge is 0.401 e. The van der Waals surface area contributed by atoms with Gasteiger partial charge < -0.3 is 11.1 Å². The summed E-state index contributed by atoms with van der Waals surface area (Å²) in [7, 11) is 1.87. The van der Waals surface area contributed by atoms with Gasteiger partial charge in [-0.15, -0.1) is 0 Å². The highest BCUT2D eigenvalue weighted by molar-refractivity contribution is 5.09. The third-order valence-electron chi connectivity index (χ3n) is 0.884. The van der Waals surface area contributed by atoms with E-state index in [-0.39, 0.29) is 0 Å². The first-order valence-electron chi connectivity index (χ1n) is 3.03. The SMILES string of the molecule is C/C=C\C=C(\N)CNC. The van der Waals surface area contributed by atoms with Crippen molar-refractivity contribution < 1.29 is 0 Å². The number of hydrogen-bond donors (Lipinski definition) is 2. The van der Waals surface area contributed by atoms with E-state index in [0.29, 0.717) is 0 Å². The molecule has 0 spiro atoms. The fourth-order valence-corrected chi connectivity index (χ4v) is 0.483. The second-order valence-electron chi connectivity index (χ2n) is 1.80. The van der Waals surface area contributed by atoms with Crippen molar-refractivity contribution >= 4 is 0 Å². The molecule has 0 saturated carbocycles. The van der Waals surface area contributed by atoms with Gasteiger partial charge in [-0.05, 0) is 20.0 Å². The van der Waals surface area contributed by atoms with Crippen LogP contribution in [0.15, 0.2) is 23.9 Å². The van der Waals surface area contributed by atoms with E-state index in [4.69, 9.17) is 5.73 Å². The Labute approximate surface area is 56.4 Å². The van der Waals surface area contributed by atoms with Crippen LogP contribution in [0.2, 0.25) is 0 Å². The molecule has 0 radical (unpaired) electrons. The molecule has 0 heterocycles. The lowest BCUT2D eigenvalue weighted by Crippen LogP contribution is -2.15. The molecule has 0 aromatic carbocycles. The van der Waals surface area contributed by atoms with Crippen LogP contribution in [0, 0.1) is 0 Å². The second kappa shape index (κ2) is 5.38. The minimum Gasteiger partial charge on any atom is -0.401 e. The Morgan fingerprint density at radius 1 is 1.67 bits per heavy atom. The minimum absolute atomic E-state index is 0.754. The zero-order valence-electron chi connectivity index (χ0n) is 6.02. The Hall–Kier alpha value is -0.760. The van der Waals surface area contributed by atoms with Crippen molar-refractivity contribution in [2.75, 3.05) is 13.6 Å². The molecule has 0 aliphatic carbocycles. The van der Waals surface area contributed by atoms with Crippen molar-refractivity contribution in [3.63, 3.8) is 0 Å². The van der Waals surface area contributed by atoms with Gasteiger partial charge in [0.05, 0.1) is 0 Å². The van der Waals surface area contributed by atoms with E-state index in [9.17, 15) is 0 Å². The first-order valence-corrected chi connectivity index (χ1v) is 3.03. The summed E-state index contributed by atoms with van der Waals surface area (Å²) >= 11 is 0. The summed E-state index contributed by atoms with van der Waals surface area (Å²) in [6.45, 7) is 2.72. The van der Waals surface area contributed by atoms with Crippen molar-refractivity contribution in [3.05, 3.63) is 23.9 Å². The number of likely N-dealkylation sites (N-methyl/N-ethyl adjacent to an activating group) is 1. The van der Waals surface area contributed by atoms with Crippen molar-refractivity contribution in [2.24, 2.45) is 5.73 Å². The van der Waals surface area contributed by atoms with E-state index in [1.54, 1.807) is 0 Å². The Balaban J connectivity index is 3.55. The van der Waals surface area contributed by atoms with Crippen LogP contribution in [0.4, 0.5) is 0 Å². The number of allylic oxidation sites excluding steroid dienone is 3. The second-order valence-corrected chi connectivity index (χ2v) is 1.80. The lowest BCUT2D eigenvalue weighted by atomic mass is 10.4. The molecule has 2 nitrogen and oxygen atoms in total. The molecule has 0 aliphatic rings. The average Bonchev–Trinajstić information content (AvgIpc) is 1.85. The molecule has 52 valence electrons. The molecule has 0 rings (SSSR count). The van der Waals surface area contributed by atoms with E-state index < -0.39 is 0 Å². The van der Waals surface area contributed by atoms with Gasteiger partial charge in [-0.2, -0.15) is 0 Å². The van der Waals surface area contributed by atoms with Gasteiger partial charge in [0.1, 0.15) is 0 Å². The highest BCUT2D eigenvalue weighted by atomic mass is 14.8. The summed E-state index contributed by atoms with van der Waals surface area (Å²) in [6.07, 6.45) is 5.76. The summed E-state index contributed by atoms with van der Waals surface area (Å²) < 4.78 is 0. The molecular weight excluding hydrogens is 112 g/mol. The predicted octanol–water partition coefficient (Wildman–Crippen LogP) is 0.625. The van der Waals surface area contributed by atoms with Crippen LogP contribution in [0.1, 0.15) is 6.92 Å². The van der Waals surface area contributed by atoms with Gasteiger partial charge in [-0.25, -0.2) is 0 Å². The molecule has 0 fully saturated rings. The molecule has 0 aromatic rings. The van der Waals surface area contributed by atoms with Gasteiger partial charge in [-0.1, -0.05) is 12.2 Å². The Morgan fingerprint density at radius 3 is 2.78 bits per heavy atom. The highest BCUT2D eigenvalue weighted by Gasteiger charge is 1.80. The summed E-state index contributed by atoms with van der Waals surface area (Å²) in [5.74, 6) is 0. The third kappa shape index (κ3) is 5.11. The number of nitrogens with two attached hydrogens (primary N) is 1. The topological polar surface area (TPSA) is 38.0 Å². The maximum atomic E-state index is 5.52. The Morgan fingerprint density at radius 2 is 2.33 bits per heavy atom. The van der Waals surface area contributed by atoms with E-state index >= 15 is 0 Å². The van der Waals surface area contributed by atoms with Crippen molar-refractivity contribution in [3.8, 4) is 0 Å². The van der Waals surface area contributed by atoms with Crippen LogP contribution in [0.3, 0.4) is 0 Å². The van der Waals surface area contributed by atoms with Gasteiger partial charge in [-0.3, -0.25) is 0 Å². The first-order chi connectivity index (χ1) is 4.31. The minimum atomic E-state index is 0.754. The predicted molar refractivity (Wildman–Crippen MR) is 41.0 cm³/mol. The normalized spacial score (nSPS) is 12.9. The summed E-state index contributed by atoms with van der Waals surface area (Å²) in [5, 5.41) is 2.95. The van der Waals surface area contributed by atoms with E-state index in [0.717, 1.165) is 12.2 Å². The molecule has 0 saturated heterocycles. The molecular formula is C7H14N2. The monoisotopic (exact) mass is 126 g/mol. The van der Waals surface area contributed by atoms with Crippen LogP contribution in [-0.2, 0) is 0 Å². The van der Waals surface area contributed by atoms with Crippen molar-refractivity contribution in [2.45, 2.75) is 6.92 Å². The molecule has 0 aromatic heterocycles. The van der Waals surface area contributed by atoms with Crippen LogP contribution >= 0.6 is 0 Å². The van der Waals surface area contributed by atoms with E-state index in [2.05, 4.69) is 5.32 Å². The maximum absolute atomic E-state index is 5.52. The quantitative estimate of drug-likeness (QED) is 0.544. The van der Waals surface area contributed by atoms with Crippen molar-refractivity contribution in [1.82, 2.24) is 5.32 Å². The van der Waals surface area contributed by atoms with Gasteiger partial charge >= 0.3 is 0 Å². The van der Waals surface area contributed by atoms with Gasteiger partial charge in [0.25, 0.3) is 0 Å². The molecule has 0 atom stereocenters. The van der Waals surface area contributed by atoms with Gasteiger partial charge in [0.2, 0.25) is 0 Å². The molecule has 0 unspecified atom stereocenters. The molecule has 2 heteroatoms. The zero-order valence-corrected chi connectivity index (χ0v) is 6.02. The molecule has 9 heavy (non-hydrogen) atoms. The number of rotatable bonds is 3. The molecule has 3 N–H and O–H groups in total. The summed E-state index contributed by atoms with van der Waals surface area (Å²) in [6, 6.07) is 0. The lowest BCUT2D eigenvalue weighted by molar-refractivity contribution is 0.871. The maximum Gasteiger partial charge on any atom is 0.0349 e. The highest BCUT2D eigenvalue weighted by Crippen LogP contribution is 1.81. The summed E-state index contributed by atoms with van der Waals surface area (Å²) in [4.78, 5) is 0. The third-order valence-corrected chi connectivity index (χ3v) is 0.884. The van der Waals surface area contributed by atoms with Crippen LogP contribution in [-0.4, -0.2) is 13.6 Å². The smallest absolute Gasteiger partial charge is 0.0349 e. The lowest BCUT2D eigenvalue weighted by Gasteiger charge is -1.95. The number of nitrogens with one attached hydrogen (secondary N) is 1.